The molecule has 0 bridgehead atoms. The summed E-state index contributed by atoms with van der Waals surface area (Å²) in [5.41, 5.74) is 0. The van der Waals surface area contributed by atoms with Crippen LogP contribution in [0.5, 0.6) is 0 Å². The van der Waals surface area contributed by atoms with Crippen molar-refractivity contribution >= 4 is 11.3 Å². The van der Waals surface area contributed by atoms with Crippen molar-refractivity contribution in [3.8, 4) is 0 Å². The van der Waals surface area contributed by atoms with Crippen molar-refractivity contribution in [2.45, 2.75) is 39.3 Å². The minimum absolute atomic E-state index is 0.402. The maximum atomic E-state index is 5.36. The van der Waals surface area contributed by atoms with E-state index in [0.717, 1.165) is 12.2 Å². The van der Waals surface area contributed by atoms with Gasteiger partial charge in [0.1, 0.15) is 5.76 Å². The van der Waals surface area contributed by atoms with Gasteiger partial charge in [0.2, 0.25) is 0 Å². The molecule has 2 aromatic rings. The van der Waals surface area contributed by atoms with Crippen molar-refractivity contribution in [2.24, 2.45) is 0 Å². The first-order valence-corrected chi connectivity index (χ1v) is 6.81. The Morgan fingerprint density at radius 3 is 2.71 bits per heavy atom. The molecule has 1 N–H and O–H groups in total. The van der Waals surface area contributed by atoms with Crippen LogP contribution in [0.1, 0.15) is 35.4 Å². The zero-order valence-corrected chi connectivity index (χ0v) is 11.4. The van der Waals surface area contributed by atoms with E-state index in [9.17, 15) is 0 Å². The molecule has 0 spiro atoms. The van der Waals surface area contributed by atoms with Crippen LogP contribution < -0.4 is 5.32 Å². The lowest BCUT2D eigenvalue weighted by Crippen LogP contribution is -2.30. The van der Waals surface area contributed by atoms with Crippen LogP contribution >= 0.6 is 11.3 Å². The summed E-state index contributed by atoms with van der Waals surface area (Å²) in [5, 5.41) is 3.60. The maximum Gasteiger partial charge on any atom is 0.105 e. The van der Waals surface area contributed by atoms with Gasteiger partial charge in [-0.2, -0.15) is 0 Å². The first kappa shape index (κ1) is 12.4. The number of nitrogens with one attached hydrogen (secondary N) is 1. The number of rotatable bonds is 5. The predicted octanol–water partition coefficient (Wildman–Crippen LogP) is 3.93. The van der Waals surface area contributed by atoms with Gasteiger partial charge in [0.05, 0.1) is 6.26 Å². The van der Waals surface area contributed by atoms with Gasteiger partial charge in [0, 0.05) is 28.3 Å². The van der Waals surface area contributed by atoms with E-state index in [2.05, 4.69) is 38.2 Å². The molecule has 2 atom stereocenters. The minimum atomic E-state index is 0.402. The first-order chi connectivity index (χ1) is 8.15. The molecule has 0 saturated heterocycles. The Hall–Kier alpha value is -1.06. The Bertz CT molecular complexity index is 446. The molecule has 0 aliphatic carbocycles. The third-order valence-corrected chi connectivity index (χ3v) is 3.99. The fraction of sp³-hybridized carbons (Fsp3) is 0.429. The second kappa shape index (κ2) is 5.52. The molecule has 2 rings (SSSR count). The SMILES string of the molecule is Cc1ccc(C(C)NC(C)Cc2ccco2)s1. The van der Waals surface area contributed by atoms with E-state index in [0.29, 0.717) is 12.1 Å². The number of thiophene rings is 1. The fourth-order valence-corrected chi connectivity index (χ4v) is 2.87. The summed E-state index contributed by atoms with van der Waals surface area (Å²) in [5.74, 6) is 1.04. The third kappa shape index (κ3) is 3.45. The van der Waals surface area contributed by atoms with Gasteiger partial charge in [-0.05, 0) is 45.0 Å². The molecule has 0 radical (unpaired) electrons. The van der Waals surface area contributed by atoms with E-state index >= 15 is 0 Å². The Kier molecular flexibility index (Phi) is 4.02. The van der Waals surface area contributed by atoms with E-state index in [-0.39, 0.29) is 0 Å². The van der Waals surface area contributed by atoms with Gasteiger partial charge in [-0.1, -0.05) is 0 Å². The molecular formula is C14H19NOS. The van der Waals surface area contributed by atoms with Crippen molar-refractivity contribution in [3.05, 3.63) is 46.0 Å². The van der Waals surface area contributed by atoms with Crippen LogP contribution in [-0.4, -0.2) is 6.04 Å². The van der Waals surface area contributed by atoms with Crippen LogP contribution in [0.3, 0.4) is 0 Å². The van der Waals surface area contributed by atoms with E-state index < -0.39 is 0 Å². The van der Waals surface area contributed by atoms with Gasteiger partial charge < -0.3 is 9.73 Å². The summed E-state index contributed by atoms with van der Waals surface area (Å²) >= 11 is 1.86. The normalized spacial score (nSPS) is 14.8. The van der Waals surface area contributed by atoms with Crippen LogP contribution in [0.2, 0.25) is 0 Å². The second-order valence-corrected chi connectivity index (χ2v) is 5.84. The van der Waals surface area contributed by atoms with Crippen molar-refractivity contribution in [1.82, 2.24) is 5.32 Å². The molecule has 0 aliphatic heterocycles. The average Bonchev–Trinajstić information content (AvgIpc) is 2.89. The summed E-state index contributed by atoms with van der Waals surface area (Å²) in [7, 11) is 0. The van der Waals surface area contributed by atoms with E-state index in [1.807, 2.05) is 23.5 Å². The second-order valence-electron chi connectivity index (χ2n) is 4.52. The highest BCUT2D eigenvalue weighted by Gasteiger charge is 2.12. The molecule has 2 nitrogen and oxygen atoms in total. The lowest BCUT2D eigenvalue weighted by atomic mass is 10.1. The van der Waals surface area contributed by atoms with Crippen molar-refractivity contribution < 1.29 is 4.42 Å². The number of aryl methyl sites for hydroxylation is 1. The van der Waals surface area contributed by atoms with E-state index in [1.165, 1.54) is 9.75 Å². The van der Waals surface area contributed by atoms with Crippen molar-refractivity contribution in [1.29, 1.82) is 0 Å². The molecule has 0 amide bonds. The van der Waals surface area contributed by atoms with Gasteiger partial charge in [-0.15, -0.1) is 11.3 Å². The predicted molar refractivity (Wildman–Crippen MR) is 72.5 cm³/mol. The number of furan rings is 1. The molecule has 0 aromatic carbocycles. The van der Waals surface area contributed by atoms with Crippen molar-refractivity contribution in [2.75, 3.05) is 0 Å². The maximum absolute atomic E-state index is 5.36. The van der Waals surface area contributed by atoms with E-state index in [1.54, 1.807) is 6.26 Å². The quantitative estimate of drug-likeness (QED) is 0.868. The van der Waals surface area contributed by atoms with Crippen LogP contribution in [0.4, 0.5) is 0 Å². The molecule has 92 valence electrons. The molecule has 2 unspecified atom stereocenters. The Balaban J connectivity index is 1.88. The summed E-state index contributed by atoms with van der Waals surface area (Å²) in [6.07, 6.45) is 2.66. The standard InChI is InChI=1S/C14H19NOS/c1-10(9-13-5-4-8-16-13)15-12(3)14-7-6-11(2)17-14/h4-8,10,12,15H,9H2,1-3H3. The lowest BCUT2D eigenvalue weighted by molar-refractivity contribution is 0.431. The molecule has 3 heteroatoms. The van der Waals surface area contributed by atoms with Gasteiger partial charge in [-0.25, -0.2) is 0 Å². The van der Waals surface area contributed by atoms with Crippen LogP contribution in [0, 0.1) is 6.92 Å². The minimum Gasteiger partial charge on any atom is -0.469 e. The van der Waals surface area contributed by atoms with Gasteiger partial charge in [0.15, 0.2) is 0 Å². The molecule has 2 aromatic heterocycles. The lowest BCUT2D eigenvalue weighted by Gasteiger charge is -2.18. The molecule has 0 fully saturated rings. The Morgan fingerprint density at radius 2 is 2.12 bits per heavy atom. The van der Waals surface area contributed by atoms with Crippen LogP contribution in [-0.2, 0) is 6.42 Å². The average molecular weight is 249 g/mol. The Labute approximate surface area is 107 Å². The topological polar surface area (TPSA) is 25.2 Å². The first-order valence-electron chi connectivity index (χ1n) is 6.00. The molecule has 0 aliphatic rings. The van der Waals surface area contributed by atoms with Crippen LogP contribution in [0.25, 0.3) is 0 Å². The number of hydrogen-bond donors (Lipinski definition) is 1. The highest BCUT2D eigenvalue weighted by atomic mass is 32.1. The summed E-state index contributed by atoms with van der Waals surface area (Å²) in [6.45, 7) is 6.55. The van der Waals surface area contributed by atoms with Gasteiger partial charge >= 0.3 is 0 Å². The number of hydrogen-bond acceptors (Lipinski definition) is 3. The van der Waals surface area contributed by atoms with Crippen molar-refractivity contribution in [3.63, 3.8) is 0 Å². The smallest absolute Gasteiger partial charge is 0.105 e. The van der Waals surface area contributed by atoms with Crippen LogP contribution in [0.15, 0.2) is 34.9 Å². The zero-order chi connectivity index (χ0) is 12.3. The largest absolute Gasteiger partial charge is 0.469 e. The van der Waals surface area contributed by atoms with E-state index in [4.69, 9.17) is 4.42 Å². The molecule has 2 heterocycles. The molecule has 0 saturated carbocycles. The molecular weight excluding hydrogens is 230 g/mol. The third-order valence-electron chi connectivity index (χ3n) is 2.81. The van der Waals surface area contributed by atoms with Gasteiger partial charge in [0.25, 0.3) is 0 Å². The monoisotopic (exact) mass is 249 g/mol. The fourth-order valence-electron chi connectivity index (χ4n) is 1.98. The Morgan fingerprint density at radius 1 is 1.29 bits per heavy atom. The molecule has 17 heavy (non-hydrogen) atoms. The summed E-state index contributed by atoms with van der Waals surface area (Å²) in [4.78, 5) is 2.76. The summed E-state index contributed by atoms with van der Waals surface area (Å²) in [6, 6.07) is 9.16. The summed E-state index contributed by atoms with van der Waals surface area (Å²) < 4.78 is 5.36. The highest BCUT2D eigenvalue weighted by molar-refractivity contribution is 7.12. The highest BCUT2D eigenvalue weighted by Crippen LogP contribution is 2.22. The zero-order valence-electron chi connectivity index (χ0n) is 10.6. The van der Waals surface area contributed by atoms with Gasteiger partial charge in [-0.3, -0.25) is 0 Å².